The molecular weight excluding hydrogens is 390 g/mol. The van der Waals surface area contributed by atoms with Gasteiger partial charge in [0.05, 0.1) is 0 Å². The molecule has 3 heterocycles. The first-order chi connectivity index (χ1) is 13.9. The van der Waals surface area contributed by atoms with Crippen molar-refractivity contribution >= 4 is 15.7 Å². The number of benzene rings is 1. The molecule has 0 aliphatic carbocycles. The highest BCUT2D eigenvalue weighted by atomic mass is 32.2. The summed E-state index contributed by atoms with van der Waals surface area (Å²) in [5.41, 5.74) is 2.82. The maximum absolute atomic E-state index is 13.2. The van der Waals surface area contributed by atoms with Gasteiger partial charge in [-0.3, -0.25) is 0 Å². The second-order valence-electron chi connectivity index (χ2n) is 7.35. The third-order valence-corrected chi connectivity index (χ3v) is 7.06. The van der Waals surface area contributed by atoms with E-state index >= 15 is 0 Å². The number of H-pyrrole nitrogens is 1. The van der Waals surface area contributed by atoms with Gasteiger partial charge in [-0.15, -0.1) is 10.2 Å². The zero-order valence-electron chi connectivity index (χ0n) is 16.8. The number of anilines is 1. The first-order valence-corrected chi connectivity index (χ1v) is 11.2. The average Bonchev–Trinajstić information content (AvgIpc) is 3.37. The average molecular weight is 416 g/mol. The molecular formula is C20H25N5O3S. The first-order valence-electron chi connectivity index (χ1n) is 9.73. The van der Waals surface area contributed by atoms with Crippen molar-refractivity contribution in [2.45, 2.75) is 38.1 Å². The van der Waals surface area contributed by atoms with Gasteiger partial charge in [-0.1, -0.05) is 19.1 Å². The van der Waals surface area contributed by atoms with Gasteiger partial charge < -0.3 is 14.3 Å². The fraction of sp³-hybridized carbons (Fsp3) is 0.400. The zero-order valence-corrected chi connectivity index (χ0v) is 17.6. The van der Waals surface area contributed by atoms with E-state index in [2.05, 4.69) is 52.1 Å². The molecule has 2 aromatic heterocycles. The molecule has 1 fully saturated rings. The summed E-state index contributed by atoms with van der Waals surface area (Å²) in [4.78, 5) is 5.41. The van der Waals surface area contributed by atoms with E-state index in [0.29, 0.717) is 43.5 Å². The van der Waals surface area contributed by atoms with Gasteiger partial charge in [-0.25, -0.2) is 8.42 Å². The lowest BCUT2D eigenvalue weighted by atomic mass is 10.1. The van der Waals surface area contributed by atoms with Crippen LogP contribution in [0, 0.1) is 6.92 Å². The minimum atomic E-state index is -3.61. The van der Waals surface area contributed by atoms with Crippen LogP contribution >= 0.6 is 0 Å². The van der Waals surface area contributed by atoms with Gasteiger partial charge in [0.15, 0.2) is 0 Å². The summed E-state index contributed by atoms with van der Waals surface area (Å²) in [5, 5.41) is 7.89. The molecule has 1 aliphatic rings. The number of rotatable bonds is 5. The molecule has 0 radical (unpaired) electrons. The Morgan fingerprint density at radius 1 is 1.24 bits per heavy atom. The summed E-state index contributed by atoms with van der Waals surface area (Å²) in [6, 6.07) is 9.92. The molecule has 0 saturated carbocycles. The minimum Gasteiger partial charge on any atom is -0.419 e. The fourth-order valence-corrected chi connectivity index (χ4v) is 5.14. The number of aryl methyl sites for hydroxylation is 2. The Labute approximate surface area is 170 Å². The quantitative estimate of drug-likeness (QED) is 0.688. The van der Waals surface area contributed by atoms with Gasteiger partial charge in [-0.05, 0) is 37.6 Å². The van der Waals surface area contributed by atoms with Crippen LogP contribution in [0.2, 0.25) is 0 Å². The normalized spacial score (nSPS) is 18.3. The van der Waals surface area contributed by atoms with Crippen molar-refractivity contribution in [2.24, 2.45) is 0 Å². The van der Waals surface area contributed by atoms with Gasteiger partial charge in [0, 0.05) is 44.0 Å². The zero-order chi connectivity index (χ0) is 20.6. The van der Waals surface area contributed by atoms with Crippen molar-refractivity contribution in [1.29, 1.82) is 0 Å². The number of nitrogens with zero attached hydrogens (tertiary/aromatic N) is 4. The molecule has 29 heavy (non-hydrogen) atoms. The molecule has 0 spiro atoms. The van der Waals surface area contributed by atoms with Crippen LogP contribution in [0.15, 0.2) is 45.8 Å². The Bertz CT molecular complexity index is 1100. The molecule has 4 rings (SSSR count). The maximum atomic E-state index is 13.2. The molecule has 0 unspecified atom stereocenters. The van der Waals surface area contributed by atoms with Gasteiger partial charge in [0.25, 0.3) is 5.89 Å². The van der Waals surface area contributed by atoms with Gasteiger partial charge in [0.2, 0.25) is 15.9 Å². The summed E-state index contributed by atoms with van der Waals surface area (Å²) >= 11 is 0. The maximum Gasteiger partial charge on any atom is 0.264 e. The standard InChI is InChI=1S/C20H25N5O3S/c1-4-19-22-23-20(28-19)18-11-17(12-21-18)29(26,27)24-8-9-25(15(3)13-24)16-7-5-6-14(2)10-16/h5-7,10-12,15,21H,4,8-9,13H2,1-3H3/t15-/m1/s1. The van der Waals surface area contributed by atoms with Crippen LogP contribution in [0.3, 0.4) is 0 Å². The number of sulfonamides is 1. The molecule has 1 N–H and O–H groups in total. The van der Waals surface area contributed by atoms with E-state index in [1.165, 1.54) is 11.8 Å². The Balaban J connectivity index is 1.51. The number of aromatic amines is 1. The highest BCUT2D eigenvalue weighted by Crippen LogP contribution is 2.27. The molecule has 3 aromatic rings. The summed E-state index contributed by atoms with van der Waals surface area (Å²) in [5.74, 6) is 0.807. The lowest BCUT2D eigenvalue weighted by Crippen LogP contribution is -2.53. The van der Waals surface area contributed by atoms with Crippen molar-refractivity contribution in [3.63, 3.8) is 0 Å². The van der Waals surface area contributed by atoms with Gasteiger partial charge in [0.1, 0.15) is 10.6 Å². The Morgan fingerprint density at radius 3 is 2.76 bits per heavy atom. The summed E-state index contributed by atoms with van der Waals surface area (Å²) in [7, 11) is -3.61. The second-order valence-corrected chi connectivity index (χ2v) is 9.29. The molecule has 0 bridgehead atoms. The van der Waals surface area contributed by atoms with Crippen molar-refractivity contribution < 1.29 is 12.8 Å². The molecule has 9 heteroatoms. The third-order valence-electron chi connectivity index (χ3n) is 5.22. The Hall–Kier alpha value is -2.65. The van der Waals surface area contributed by atoms with Crippen molar-refractivity contribution in [3.8, 4) is 11.6 Å². The number of piperazine rings is 1. The molecule has 1 aromatic carbocycles. The fourth-order valence-electron chi connectivity index (χ4n) is 3.63. The van der Waals surface area contributed by atoms with Crippen molar-refractivity contribution in [2.75, 3.05) is 24.5 Å². The highest BCUT2D eigenvalue weighted by Gasteiger charge is 2.33. The summed E-state index contributed by atoms with van der Waals surface area (Å²) in [6.07, 6.45) is 2.11. The molecule has 1 atom stereocenters. The molecule has 154 valence electrons. The van der Waals surface area contributed by atoms with Crippen LogP contribution in [0.4, 0.5) is 5.69 Å². The van der Waals surface area contributed by atoms with Crippen LogP contribution in [0.25, 0.3) is 11.6 Å². The smallest absolute Gasteiger partial charge is 0.264 e. The lowest BCUT2D eigenvalue weighted by molar-refractivity contribution is 0.342. The molecule has 1 aliphatic heterocycles. The topological polar surface area (TPSA) is 95.3 Å². The van der Waals surface area contributed by atoms with Crippen molar-refractivity contribution in [3.05, 3.63) is 48.0 Å². The predicted octanol–water partition coefficient (Wildman–Crippen LogP) is 2.83. The monoisotopic (exact) mass is 415 g/mol. The Morgan fingerprint density at radius 2 is 2.07 bits per heavy atom. The van der Waals surface area contributed by atoms with Gasteiger partial charge in [-0.2, -0.15) is 4.31 Å². The summed E-state index contributed by atoms with van der Waals surface area (Å²) < 4.78 is 33.4. The van der Waals surface area contributed by atoms with Crippen LogP contribution in [0.5, 0.6) is 0 Å². The van der Waals surface area contributed by atoms with E-state index in [0.717, 1.165) is 5.69 Å². The molecule has 1 saturated heterocycles. The second kappa shape index (κ2) is 7.64. The van der Waals surface area contributed by atoms with E-state index in [4.69, 9.17) is 4.42 Å². The van der Waals surface area contributed by atoms with E-state index < -0.39 is 10.0 Å². The SMILES string of the molecule is CCc1nnc(-c2cc(S(=O)(=O)N3CCN(c4cccc(C)c4)[C@H](C)C3)c[nH]2)o1. The summed E-state index contributed by atoms with van der Waals surface area (Å²) in [6.45, 7) is 7.53. The number of aromatic nitrogens is 3. The molecule has 0 amide bonds. The largest absolute Gasteiger partial charge is 0.419 e. The first kappa shape index (κ1) is 19.7. The number of nitrogens with one attached hydrogen (secondary N) is 1. The van der Waals surface area contributed by atoms with Gasteiger partial charge >= 0.3 is 0 Å². The predicted molar refractivity (Wildman–Crippen MR) is 110 cm³/mol. The Kier molecular flexibility index (Phi) is 5.18. The van der Waals surface area contributed by atoms with Crippen LogP contribution in [-0.2, 0) is 16.4 Å². The van der Waals surface area contributed by atoms with Crippen LogP contribution in [0.1, 0.15) is 25.3 Å². The lowest BCUT2D eigenvalue weighted by Gasteiger charge is -2.40. The third kappa shape index (κ3) is 3.79. The van der Waals surface area contributed by atoms with E-state index in [1.807, 2.05) is 13.0 Å². The highest BCUT2D eigenvalue weighted by molar-refractivity contribution is 7.89. The van der Waals surface area contributed by atoms with E-state index in [1.54, 1.807) is 10.4 Å². The van der Waals surface area contributed by atoms with E-state index in [-0.39, 0.29) is 10.9 Å². The number of hydrogen-bond donors (Lipinski definition) is 1. The minimum absolute atomic E-state index is 0.0711. The molecule has 8 nitrogen and oxygen atoms in total. The number of hydrogen-bond acceptors (Lipinski definition) is 6. The van der Waals surface area contributed by atoms with Crippen LogP contribution in [-0.4, -0.2) is 53.6 Å². The van der Waals surface area contributed by atoms with Crippen molar-refractivity contribution in [1.82, 2.24) is 19.5 Å². The van der Waals surface area contributed by atoms with Crippen LogP contribution < -0.4 is 4.90 Å². The van der Waals surface area contributed by atoms with E-state index in [9.17, 15) is 8.42 Å².